The molecule has 0 radical (unpaired) electrons. The highest BCUT2D eigenvalue weighted by Gasteiger charge is 2.23. The fourth-order valence-corrected chi connectivity index (χ4v) is 4.05. The predicted molar refractivity (Wildman–Crippen MR) is 117 cm³/mol. The summed E-state index contributed by atoms with van der Waals surface area (Å²) in [6.07, 6.45) is 5.34. The lowest BCUT2D eigenvalue weighted by atomic mass is 9.91. The molecule has 9 heteroatoms. The molecule has 0 spiro atoms. The summed E-state index contributed by atoms with van der Waals surface area (Å²) in [5, 5.41) is 13.3. The number of ether oxygens (including phenoxy) is 1. The van der Waals surface area contributed by atoms with Crippen molar-refractivity contribution in [1.29, 1.82) is 0 Å². The van der Waals surface area contributed by atoms with E-state index >= 15 is 0 Å². The van der Waals surface area contributed by atoms with Crippen LogP contribution < -0.4 is 21.1 Å². The summed E-state index contributed by atoms with van der Waals surface area (Å²) >= 11 is 0. The zero-order valence-electron chi connectivity index (χ0n) is 17.6. The molecule has 9 nitrogen and oxygen atoms in total. The third kappa shape index (κ3) is 4.22. The third-order valence-corrected chi connectivity index (χ3v) is 5.68. The number of benzene rings is 1. The van der Waals surface area contributed by atoms with Crippen molar-refractivity contribution < 1.29 is 14.3 Å². The van der Waals surface area contributed by atoms with Gasteiger partial charge in [0.15, 0.2) is 5.69 Å². The van der Waals surface area contributed by atoms with Gasteiger partial charge in [0.2, 0.25) is 5.88 Å². The highest BCUT2D eigenvalue weighted by molar-refractivity contribution is 6.05. The number of carbonyl (C=O) groups excluding carboxylic acids is 2. The van der Waals surface area contributed by atoms with Crippen molar-refractivity contribution >= 4 is 22.7 Å². The van der Waals surface area contributed by atoms with Gasteiger partial charge < -0.3 is 21.1 Å². The number of fused-ring (bicyclic) bond motifs is 1. The standard InChI is InChI=1S/C22H26N6O3/c1-24-21(30)19-16-7-6-12(9-18(16)27-28-19)13-8-17(22(31-2)25-11-13)20(29)26-15-5-3-4-14(23)10-15/h6-9,11,14-15H,3-5,10,23H2,1-2H3,(H,24,30)(H,26,29)(H,27,28). The predicted octanol–water partition coefficient (Wildman–Crippen LogP) is 1.99. The molecule has 162 valence electrons. The zero-order chi connectivity index (χ0) is 22.0. The number of pyridine rings is 1. The first-order valence-corrected chi connectivity index (χ1v) is 10.3. The van der Waals surface area contributed by atoms with E-state index in [9.17, 15) is 9.59 Å². The molecule has 0 saturated heterocycles. The second kappa shape index (κ2) is 8.73. The first-order valence-electron chi connectivity index (χ1n) is 10.3. The first-order chi connectivity index (χ1) is 15.0. The van der Waals surface area contributed by atoms with E-state index in [2.05, 4.69) is 25.8 Å². The lowest BCUT2D eigenvalue weighted by molar-refractivity contribution is 0.0920. The molecular formula is C22H26N6O3. The number of hydrogen-bond donors (Lipinski definition) is 4. The van der Waals surface area contributed by atoms with Crippen LogP contribution in [0.4, 0.5) is 0 Å². The molecule has 1 aliphatic rings. The van der Waals surface area contributed by atoms with Gasteiger partial charge in [-0.3, -0.25) is 14.7 Å². The smallest absolute Gasteiger partial charge is 0.272 e. The summed E-state index contributed by atoms with van der Waals surface area (Å²) in [5.74, 6) is -0.216. The number of amides is 2. The number of methoxy groups -OCH3 is 1. The molecule has 31 heavy (non-hydrogen) atoms. The van der Waals surface area contributed by atoms with E-state index in [0.29, 0.717) is 16.8 Å². The minimum absolute atomic E-state index is 0.0501. The van der Waals surface area contributed by atoms with E-state index in [1.54, 1.807) is 19.3 Å². The molecule has 2 unspecified atom stereocenters. The van der Waals surface area contributed by atoms with Gasteiger partial charge in [0.05, 0.1) is 12.6 Å². The summed E-state index contributed by atoms with van der Waals surface area (Å²) < 4.78 is 5.32. The molecular weight excluding hydrogens is 396 g/mol. The van der Waals surface area contributed by atoms with Crippen molar-refractivity contribution in [2.75, 3.05) is 14.2 Å². The van der Waals surface area contributed by atoms with Crippen LogP contribution in [0.1, 0.15) is 46.5 Å². The second-order valence-corrected chi connectivity index (χ2v) is 7.79. The van der Waals surface area contributed by atoms with E-state index in [4.69, 9.17) is 10.5 Å². The highest BCUT2D eigenvalue weighted by Crippen LogP contribution is 2.28. The Bertz CT molecular complexity index is 1130. The molecule has 2 heterocycles. The number of nitrogens with zero attached hydrogens (tertiary/aromatic N) is 2. The summed E-state index contributed by atoms with van der Waals surface area (Å²) in [6.45, 7) is 0. The number of rotatable bonds is 5. The summed E-state index contributed by atoms with van der Waals surface area (Å²) in [6, 6.07) is 7.50. The number of nitrogens with one attached hydrogen (secondary N) is 3. The van der Waals surface area contributed by atoms with E-state index in [1.807, 2.05) is 18.2 Å². The van der Waals surface area contributed by atoms with Crippen molar-refractivity contribution in [3.8, 4) is 17.0 Å². The van der Waals surface area contributed by atoms with Crippen LogP contribution in [-0.2, 0) is 0 Å². The van der Waals surface area contributed by atoms with Crippen molar-refractivity contribution in [3.05, 3.63) is 41.7 Å². The Morgan fingerprint density at radius 3 is 2.77 bits per heavy atom. The molecule has 5 N–H and O–H groups in total. The molecule has 1 fully saturated rings. The van der Waals surface area contributed by atoms with E-state index in [0.717, 1.165) is 42.2 Å². The molecule has 2 atom stereocenters. The number of hydrogen-bond acceptors (Lipinski definition) is 6. The van der Waals surface area contributed by atoms with Crippen LogP contribution in [0.3, 0.4) is 0 Å². The molecule has 0 aliphatic heterocycles. The van der Waals surface area contributed by atoms with Crippen LogP contribution in [0.25, 0.3) is 22.0 Å². The van der Waals surface area contributed by atoms with E-state index in [-0.39, 0.29) is 29.8 Å². The van der Waals surface area contributed by atoms with Crippen molar-refractivity contribution in [3.63, 3.8) is 0 Å². The van der Waals surface area contributed by atoms with Gasteiger partial charge in [-0.05, 0) is 49.4 Å². The number of carbonyl (C=O) groups is 2. The van der Waals surface area contributed by atoms with Crippen LogP contribution in [0.15, 0.2) is 30.5 Å². The van der Waals surface area contributed by atoms with Gasteiger partial charge in [-0.15, -0.1) is 0 Å². The van der Waals surface area contributed by atoms with Crippen molar-refractivity contribution in [1.82, 2.24) is 25.8 Å². The van der Waals surface area contributed by atoms with Gasteiger partial charge >= 0.3 is 0 Å². The number of H-pyrrole nitrogens is 1. The van der Waals surface area contributed by atoms with Crippen molar-refractivity contribution in [2.45, 2.75) is 37.8 Å². The monoisotopic (exact) mass is 422 g/mol. The first kappa shape index (κ1) is 20.8. The Kier molecular flexibility index (Phi) is 5.85. The minimum atomic E-state index is -0.258. The molecule has 1 aliphatic carbocycles. The summed E-state index contributed by atoms with van der Waals surface area (Å²) in [7, 11) is 3.06. The number of nitrogens with two attached hydrogens (primary N) is 1. The van der Waals surface area contributed by atoms with E-state index in [1.165, 1.54) is 7.11 Å². The van der Waals surface area contributed by atoms with Gasteiger partial charge in [-0.1, -0.05) is 6.07 Å². The molecule has 2 aromatic heterocycles. The van der Waals surface area contributed by atoms with E-state index < -0.39 is 0 Å². The van der Waals surface area contributed by atoms with Crippen LogP contribution in [0.5, 0.6) is 5.88 Å². The molecule has 4 rings (SSSR count). The lowest BCUT2D eigenvalue weighted by Gasteiger charge is -2.27. The fraction of sp³-hybridized carbons (Fsp3) is 0.364. The molecule has 2 amide bonds. The lowest BCUT2D eigenvalue weighted by Crippen LogP contribution is -2.42. The largest absolute Gasteiger partial charge is 0.480 e. The van der Waals surface area contributed by atoms with Gasteiger partial charge in [0.25, 0.3) is 11.8 Å². The molecule has 0 bridgehead atoms. The van der Waals surface area contributed by atoms with Crippen LogP contribution in [-0.4, -0.2) is 53.2 Å². The Labute approximate surface area is 179 Å². The molecule has 1 aromatic carbocycles. The Balaban J connectivity index is 1.63. The van der Waals surface area contributed by atoms with Crippen LogP contribution in [0, 0.1) is 0 Å². The van der Waals surface area contributed by atoms with Crippen LogP contribution in [0.2, 0.25) is 0 Å². The second-order valence-electron chi connectivity index (χ2n) is 7.79. The fourth-order valence-electron chi connectivity index (χ4n) is 4.05. The number of aromatic amines is 1. The third-order valence-electron chi connectivity index (χ3n) is 5.68. The maximum absolute atomic E-state index is 13.0. The summed E-state index contributed by atoms with van der Waals surface area (Å²) in [4.78, 5) is 29.3. The van der Waals surface area contributed by atoms with Gasteiger partial charge in [-0.25, -0.2) is 4.98 Å². The molecule has 1 saturated carbocycles. The Morgan fingerprint density at radius 1 is 1.19 bits per heavy atom. The average molecular weight is 422 g/mol. The van der Waals surface area contributed by atoms with Gasteiger partial charge in [0, 0.05) is 36.3 Å². The number of aromatic nitrogens is 3. The maximum Gasteiger partial charge on any atom is 0.272 e. The zero-order valence-corrected chi connectivity index (χ0v) is 17.6. The SMILES string of the molecule is CNC(=O)c1n[nH]c2cc(-c3cnc(OC)c(C(=O)NC4CCCC(N)C4)c3)ccc12. The Hall–Kier alpha value is -3.46. The Morgan fingerprint density at radius 2 is 2.03 bits per heavy atom. The summed E-state index contributed by atoms with van der Waals surface area (Å²) in [5.41, 5.74) is 9.06. The van der Waals surface area contributed by atoms with Gasteiger partial charge in [0.1, 0.15) is 5.56 Å². The molecule has 3 aromatic rings. The maximum atomic E-state index is 13.0. The van der Waals surface area contributed by atoms with Gasteiger partial charge in [-0.2, -0.15) is 5.10 Å². The van der Waals surface area contributed by atoms with Crippen molar-refractivity contribution in [2.24, 2.45) is 5.73 Å². The quantitative estimate of drug-likeness (QED) is 0.497. The normalized spacial score (nSPS) is 18.5. The average Bonchev–Trinajstić information content (AvgIpc) is 3.21. The topological polar surface area (TPSA) is 135 Å². The highest BCUT2D eigenvalue weighted by atomic mass is 16.5. The van der Waals surface area contributed by atoms with Crippen LogP contribution >= 0.6 is 0 Å². The minimum Gasteiger partial charge on any atom is -0.480 e.